The summed E-state index contributed by atoms with van der Waals surface area (Å²) in [6.07, 6.45) is 0.804. The Balaban J connectivity index is 1.82. The fourth-order valence-electron chi connectivity index (χ4n) is 2.49. The van der Waals surface area contributed by atoms with Gasteiger partial charge in [0.1, 0.15) is 17.2 Å². The number of nitrogens with one attached hydrogen (secondary N) is 1. The minimum absolute atomic E-state index is 0.417. The van der Waals surface area contributed by atoms with Gasteiger partial charge in [-0.2, -0.15) is 0 Å². The number of anilines is 1. The van der Waals surface area contributed by atoms with Crippen LogP contribution >= 0.6 is 11.3 Å². The van der Waals surface area contributed by atoms with Gasteiger partial charge in [-0.3, -0.25) is 9.59 Å². The van der Waals surface area contributed by atoms with Gasteiger partial charge in [0, 0.05) is 10.6 Å². The molecule has 0 unspecified atom stereocenters. The number of rotatable bonds is 4. The van der Waals surface area contributed by atoms with Crippen LogP contribution in [0.25, 0.3) is 11.1 Å². The van der Waals surface area contributed by atoms with Gasteiger partial charge in [-0.15, -0.1) is 11.3 Å². The number of benzene rings is 2. The molecule has 2 aromatic carbocycles. The van der Waals surface area contributed by atoms with Crippen LogP contribution in [0.1, 0.15) is 24.9 Å². The Morgan fingerprint density at radius 1 is 1.08 bits per heavy atom. The van der Waals surface area contributed by atoms with Gasteiger partial charge >= 0.3 is 0 Å². The SMILES string of the molecule is Cc1sc(C=O)cc1-c1ccc(NC(=O)c2c(F)cccc2F)cc1. The molecule has 1 aromatic heterocycles. The molecule has 0 atom stereocenters. The van der Waals surface area contributed by atoms with E-state index in [1.54, 1.807) is 30.3 Å². The van der Waals surface area contributed by atoms with Crippen LogP contribution in [0, 0.1) is 18.6 Å². The number of hydrogen-bond acceptors (Lipinski definition) is 3. The molecule has 6 heteroatoms. The minimum atomic E-state index is -0.913. The highest BCUT2D eigenvalue weighted by Gasteiger charge is 2.17. The summed E-state index contributed by atoms with van der Waals surface area (Å²) >= 11 is 1.40. The van der Waals surface area contributed by atoms with E-state index in [-0.39, 0.29) is 0 Å². The standard InChI is InChI=1S/C19H13F2NO2S/c1-11-15(9-14(10-23)25-11)12-5-7-13(8-6-12)22-19(24)18-16(20)3-2-4-17(18)21/h2-10H,1H3,(H,22,24). The molecule has 1 heterocycles. The topological polar surface area (TPSA) is 46.2 Å². The molecular weight excluding hydrogens is 344 g/mol. The van der Waals surface area contributed by atoms with Gasteiger partial charge in [-0.25, -0.2) is 8.78 Å². The highest BCUT2D eigenvalue weighted by molar-refractivity contribution is 7.14. The fourth-order valence-corrected chi connectivity index (χ4v) is 3.36. The van der Waals surface area contributed by atoms with E-state index in [9.17, 15) is 18.4 Å². The molecule has 3 aromatic rings. The first-order chi connectivity index (χ1) is 12.0. The molecule has 0 radical (unpaired) electrons. The fraction of sp³-hybridized carbons (Fsp3) is 0.0526. The van der Waals surface area contributed by atoms with E-state index in [0.29, 0.717) is 10.6 Å². The van der Waals surface area contributed by atoms with Gasteiger partial charge in [-0.05, 0) is 48.4 Å². The number of carbonyl (C=O) groups is 2. The summed E-state index contributed by atoms with van der Waals surface area (Å²) in [5.74, 6) is -2.67. The van der Waals surface area contributed by atoms with Crippen molar-refractivity contribution in [1.29, 1.82) is 0 Å². The predicted molar refractivity (Wildman–Crippen MR) is 94.2 cm³/mol. The molecule has 0 aliphatic carbocycles. The molecule has 3 rings (SSSR count). The smallest absolute Gasteiger partial charge is 0.261 e. The molecule has 25 heavy (non-hydrogen) atoms. The van der Waals surface area contributed by atoms with Crippen molar-refractivity contribution < 1.29 is 18.4 Å². The maximum atomic E-state index is 13.6. The van der Waals surface area contributed by atoms with E-state index in [1.807, 2.05) is 6.92 Å². The molecule has 0 saturated carbocycles. The summed E-state index contributed by atoms with van der Waals surface area (Å²) in [5, 5.41) is 2.48. The zero-order valence-electron chi connectivity index (χ0n) is 13.2. The number of thiophene rings is 1. The highest BCUT2D eigenvalue weighted by Crippen LogP contribution is 2.31. The minimum Gasteiger partial charge on any atom is -0.322 e. The third-order valence-electron chi connectivity index (χ3n) is 3.70. The molecule has 1 amide bonds. The van der Waals surface area contributed by atoms with Crippen LogP contribution in [0.4, 0.5) is 14.5 Å². The quantitative estimate of drug-likeness (QED) is 0.663. The van der Waals surface area contributed by atoms with Crippen molar-refractivity contribution in [2.45, 2.75) is 6.92 Å². The zero-order chi connectivity index (χ0) is 18.0. The maximum absolute atomic E-state index is 13.6. The third-order valence-corrected chi connectivity index (χ3v) is 4.67. The van der Waals surface area contributed by atoms with Gasteiger partial charge in [0.25, 0.3) is 5.91 Å². The molecule has 0 fully saturated rings. The molecule has 0 aliphatic rings. The second-order valence-electron chi connectivity index (χ2n) is 5.36. The average molecular weight is 357 g/mol. The summed E-state index contributed by atoms with van der Waals surface area (Å²) in [5.41, 5.74) is 1.62. The van der Waals surface area contributed by atoms with Crippen LogP contribution in [-0.4, -0.2) is 12.2 Å². The Bertz CT molecular complexity index is 928. The van der Waals surface area contributed by atoms with Crippen molar-refractivity contribution in [3.8, 4) is 11.1 Å². The summed E-state index contributed by atoms with van der Waals surface area (Å²) < 4.78 is 27.3. The molecule has 0 aliphatic heterocycles. The number of aryl methyl sites for hydroxylation is 1. The Labute approximate surface area is 146 Å². The van der Waals surface area contributed by atoms with Gasteiger partial charge < -0.3 is 5.32 Å². The zero-order valence-corrected chi connectivity index (χ0v) is 14.0. The van der Waals surface area contributed by atoms with Crippen LogP contribution in [0.3, 0.4) is 0 Å². The van der Waals surface area contributed by atoms with Crippen molar-refractivity contribution >= 4 is 29.2 Å². The molecule has 0 bridgehead atoms. The van der Waals surface area contributed by atoms with Crippen molar-refractivity contribution in [1.82, 2.24) is 0 Å². The number of halogens is 2. The molecule has 0 spiro atoms. The highest BCUT2D eigenvalue weighted by atomic mass is 32.1. The Morgan fingerprint density at radius 2 is 1.72 bits per heavy atom. The Kier molecular flexibility index (Phi) is 4.72. The van der Waals surface area contributed by atoms with Gasteiger partial charge in [0.05, 0.1) is 4.88 Å². The largest absolute Gasteiger partial charge is 0.322 e. The van der Waals surface area contributed by atoms with Crippen LogP contribution in [0.2, 0.25) is 0 Å². The molecular formula is C19H13F2NO2S. The monoisotopic (exact) mass is 357 g/mol. The Hall–Kier alpha value is -2.86. The maximum Gasteiger partial charge on any atom is 0.261 e. The van der Waals surface area contributed by atoms with Gasteiger partial charge in [-0.1, -0.05) is 18.2 Å². The second-order valence-corrected chi connectivity index (χ2v) is 6.65. The summed E-state index contributed by atoms with van der Waals surface area (Å²) in [6, 6.07) is 11.9. The number of aldehydes is 1. The van der Waals surface area contributed by atoms with Crippen LogP contribution in [0.15, 0.2) is 48.5 Å². The predicted octanol–water partition coefficient (Wildman–Crippen LogP) is 5.07. The van der Waals surface area contributed by atoms with E-state index in [4.69, 9.17) is 0 Å². The molecule has 3 nitrogen and oxygen atoms in total. The number of carbonyl (C=O) groups excluding carboxylic acids is 2. The van der Waals surface area contributed by atoms with E-state index < -0.39 is 23.1 Å². The summed E-state index contributed by atoms with van der Waals surface area (Å²) in [4.78, 5) is 24.6. The lowest BCUT2D eigenvalue weighted by atomic mass is 10.1. The lowest BCUT2D eigenvalue weighted by Crippen LogP contribution is -2.15. The lowest BCUT2D eigenvalue weighted by Gasteiger charge is -2.08. The summed E-state index contributed by atoms with van der Waals surface area (Å²) in [7, 11) is 0. The number of amides is 1. The van der Waals surface area contributed by atoms with Crippen molar-refractivity contribution in [2.24, 2.45) is 0 Å². The van der Waals surface area contributed by atoms with Crippen molar-refractivity contribution in [3.05, 3.63) is 75.5 Å². The second kappa shape index (κ2) is 6.94. The first kappa shape index (κ1) is 17.0. The van der Waals surface area contributed by atoms with E-state index in [0.717, 1.165) is 34.4 Å². The first-order valence-corrected chi connectivity index (χ1v) is 8.22. The average Bonchev–Trinajstić information content (AvgIpc) is 2.96. The van der Waals surface area contributed by atoms with Crippen LogP contribution in [-0.2, 0) is 0 Å². The van der Waals surface area contributed by atoms with Gasteiger partial charge in [0.15, 0.2) is 6.29 Å². The lowest BCUT2D eigenvalue weighted by molar-refractivity contribution is 0.101. The van der Waals surface area contributed by atoms with E-state index in [1.165, 1.54) is 17.4 Å². The third kappa shape index (κ3) is 3.49. The molecule has 0 saturated heterocycles. The first-order valence-electron chi connectivity index (χ1n) is 7.41. The Morgan fingerprint density at radius 3 is 2.28 bits per heavy atom. The van der Waals surface area contributed by atoms with E-state index in [2.05, 4.69) is 5.32 Å². The molecule has 1 N–H and O–H groups in total. The van der Waals surface area contributed by atoms with Crippen molar-refractivity contribution in [3.63, 3.8) is 0 Å². The normalized spacial score (nSPS) is 10.5. The van der Waals surface area contributed by atoms with Crippen LogP contribution in [0.5, 0.6) is 0 Å². The van der Waals surface area contributed by atoms with Crippen molar-refractivity contribution in [2.75, 3.05) is 5.32 Å². The summed E-state index contributed by atoms with van der Waals surface area (Å²) in [6.45, 7) is 1.92. The number of hydrogen-bond donors (Lipinski definition) is 1. The van der Waals surface area contributed by atoms with Crippen LogP contribution < -0.4 is 5.32 Å². The van der Waals surface area contributed by atoms with E-state index >= 15 is 0 Å². The van der Waals surface area contributed by atoms with Gasteiger partial charge in [0.2, 0.25) is 0 Å². The molecule has 126 valence electrons.